The molecule has 0 aliphatic carbocycles. The summed E-state index contributed by atoms with van der Waals surface area (Å²) in [4.78, 5) is 8.78. The number of hydrogen-bond acceptors (Lipinski definition) is 6. The minimum Gasteiger partial charge on any atom is -0.467 e. The van der Waals surface area contributed by atoms with Crippen molar-refractivity contribution < 1.29 is 9.15 Å². The lowest BCUT2D eigenvalue weighted by molar-refractivity contribution is 0.376. The van der Waals surface area contributed by atoms with Crippen molar-refractivity contribution >= 4 is 5.82 Å². The van der Waals surface area contributed by atoms with Crippen molar-refractivity contribution in [2.24, 2.45) is 0 Å². The van der Waals surface area contributed by atoms with Crippen LogP contribution in [0, 0.1) is 0 Å². The molecule has 3 rings (SSSR count). The second-order valence-corrected chi connectivity index (χ2v) is 4.34. The van der Waals surface area contributed by atoms with Crippen molar-refractivity contribution in [3.8, 4) is 6.01 Å². The Balaban J connectivity index is 1.86. The van der Waals surface area contributed by atoms with Crippen molar-refractivity contribution in [3.63, 3.8) is 0 Å². The van der Waals surface area contributed by atoms with Crippen molar-refractivity contribution in [1.29, 1.82) is 0 Å². The van der Waals surface area contributed by atoms with Crippen LogP contribution in [0.2, 0.25) is 0 Å². The second kappa shape index (κ2) is 5.27. The fourth-order valence-electron chi connectivity index (χ4n) is 2.14. The average Bonchev–Trinajstić information content (AvgIpc) is 2.97. The summed E-state index contributed by atoms with van der Waals surface area (Å²) in [5, 5.41) is 6.61. The number of nitrogens with zero attached hydrogens (tertiary/aromatic N) is 2. The van der Waals surface area contributed by atoms with Crippen LogP contribution in [0.5, 0.6) is 6.01 Å². The van der Waals surface area contributed by atoms with Gasteiger partial charge >= 0.3 is 6.01 Å². The maximum atomic E-state index is 5.30. The zero-order valence-electron chi connectivity index (χ0n) is 10.8. The number of ether oxygens (including phenoxy) is 1. The monoisotopic (exact) mass is 260 g/mol. The SMILES string of the molecule is COc1nc2c(c(NCc3ccco3)n1)CNCC2. The third-order valence-corrected chi connectivity index (χ3v) is 3.11. The average molecular weight is 260 g/mol. The normalized spacial score (nSPS) is 13.9. The first-order valence-electron chi connectivity index (χ1n) is 6.27. The van der Waals surface area contributed by atoms with E-state index in [2.05, 4.69) is 20.6 Å². The van der Waals surface area contributed by atoms with Gasteiger partial charge in [0, 0.05) is 25.1 Å². The number of furan rings is 1. The molecule has 0 radical (unpaired) electrons. The Hall–Kier alpha value is -2.08. The maximum absolute atomic E-state index is 5.30. The summed E-state index contributed by atoms with van der Waals surface area (Å²) in [6, 6.07) is 4.20. The van der Waals surface area contributed by atoms with Gasteiger partial charge in [-0.1, -0.05) is 0 Å². The summed E-state index contributed by atoms with van der Waals surface area (Å²) in [6.07, 6.45) is 2.55. The zero-order valence-corrected chi connectivity index (χ0v) is 10.8. The van der Waals surface area contributed by atoms with Crippen molar-refractivity contribution in [1.82, 2.24) is 15.3 Å². The number of aromatic nitrogens is 2. The molecule has 6 heteroatoms. The Morgan fingerprint density at radius 2 is 2.42 bits per heavy atom. The highest BCUT2D eigenvalue weighted by Crippen LogP contribution is 2.23. The van der Waals surface area contributed by atoms with Gasteiger partial charge in [0.2, 0.25) is 0 Å². The maximum Gasteiger partial charge on any atom is 0.318 e. The molecule has 1 aliphatic rings. The third kappa shape index (κ3) is 2.53. The molecule has 0 saturated heterocycles. The van der Waals surface area contributed by atoms with E-state index in [4.69, 9.17) is 9.15 Å². The molecule has 100 valence electrons. The first-order valence-corrected chi connectivity index (χ1v) is 6.27. The van der Waals surface area contributed by atoms with Crippen molar-refractivity contribution in [2.75, 3.05) is 19.0 Å². The lowest BCUT2D eigenvalue weighted by atomic mass is 10.1. The molecular formula is C13H16N4O2. The van der Waals surface area contributed by atoms with Gasteiger partial charge in [0.05, 0.1) is 25.6 Å². The summed E-state index contributed by atoms with van der Waals surface area (Å²) >= 11 is 0. The Labute approximate surface area is 111 Å². The quantitative estimate of drug-likeness (QED) is 0.864. The summed E-state index contributed by atoms with van der Waals surface area (Å²) in [7, 11) is 1.58. The van der Waals surface area contributed by atoms with Crippen molar-refractivity contribution in [2.45, 2.75) is 19.5 Å². The molecule has 0 bridgehead atoms. The van der Waals surface area contributed by atoms with Crippen LogP contribution in [0.3, 0.4) is 0 Å². The first kappa shape index (κ1) is 12.0. The summed E-state index contributed by atoms with van der Waals surface area (Å²) in [6.45, 7) is 2.31. The largest absolute Gasteiger partial charge is 0.467 e. The Bertz CT molecular complexity index is 554. The molecule has 0 saturated carbocycles. The molecule has 0 fully saturated rings. The molecule has 0 atom stereocenters. The number of rotatable bonds is 4. The molecule has 2 N–H and O–H groups in total. The highest BCUT2D eigenvalue weighted by Gasteiger charge is 2.17. The summed E-state index contributed by atoms with van der Waals surface area (Å²) < 4.78 is 10.5. The van der Waals surface area contributed by atoms with E-state index in [0.29, 0.717) is 12.6 Å². The van der Waals surface area contributed by atoms with E-state index >= 15 is 0 Å². The minimum atomic E-state index is 0.405. The van der Waals surface area contributed by atoms with Gasteiger partial charge in [0.1, 0.15) is 11.6 Å². The highest BCUT2D eigenvalue weighted by molar-refractivity contribution is 5.48. The third-order valence-electron chi connectivity index (χ3n) is 3.11. The number of anilines is 1. The van der Waals surface area contributed by atoms with E-state index in [1.807, 2.05) is 12.1 Å². The molecule has 3 heterocycles. The molecule has 0 aromatic carbocycles. The molecule has 0 spiro atoms. The number of hydrogen-bond donors (Lipinski definition) is 2. The second-order valence-electron chi connectivity index (χ2n) is 4.34. The molecule has 0 unspecified atom stereocenters. The number of methoxy groups -OCH3 is 1. The van der Waals surface area contributed by atoms with Gasteiger partial charge in [-0.15, -0.1) is 0 Å². The summed E-state index contributed by atoms with van der Waals surface area (Å²) in [5.41, 5.74) is 2.16. The molecule has 6 nitrogen and oxygen atoms in total. The van der Waals surface area contributed by atoms with E-state index in [-0.39, 0.29) is 0 Å². The molecule has 2 aromatic rings. The molecule has 0 amide bonds. The highest BCUT2D eigenvalue weighted by atomic mass is 16.5. The lowest BCUT2D eigenvalue weighted by Gasteiger charge is -2.19. The van der Waals surface area contributed by atoms with E-state index < -0.39 is 0 Å². The van der Waals surface area contributed by atoms with Gasteiger partial charge in [0.25, 0.3) is 0 Å². The Kier molecular flexibility index (Phi) is 3.33. The van der Waals surface area contributed by atoms with Gasteiger partial charge in [0.15, 0.2) is 0 Å². The fourth-order valence-corrected chi connectivity index (χ4v) is 2.14. The Morgan fingerprint density at radius 1 is 1.47 bits per heavy atom. The van der Waals surface area contributed by atoms with Crippen LogP contribution in [0.1, 0.15) is 17.0 Å². The van der Waals surface area contributed by atoms with Gasteiger partial charge in [-0.25, -0.2) is 0 Å². The van der Waals surface area contributed by atoms with E-state index in [0.717, 1.165) is 42.3 Å². The van der Waals surface area contributed by atoms with Gasteiger partial charge < -0.3 is 19.8 Å². The molecule has 1 aliphatic heterocycles. The minimum absolute atomic E-state index is 0.405. The van der Waals surface area contributed by atoms with E-state index in [1.54, 1.807) is 13.4 Å². The van der Waals surface area contributed by atoms with Crippen LogP contribution >= 0.6 is 0 Å². The van der Waals surface area contributed by atoms with Crippen LogP contribution in [0.15, 0.2) is 22.8 Å². The topological polar surface area (TPSA) is 72.2 Å². The van der Waals surface area contributed by atoms with Crippen LogP contribution in [0.4, 0.5) is 5.82 Å². The predicted molar refractivity (Wildman–Crippen MR) is 70.0 cm³/mol. The van der Waals surface area contributed by atoms with E-state index in [9.17, 15) is 0 Å². The Morgan fingerprint density at radius 3 is 3.21 bits per heavy atom. The van der Waals surface area contributed by atoms with Gasteiger partial charge in [-0.2, -0.15) is 9.97 Å². The molecule has 2 aromatic heterocycles. The zero-order chi connectivity index (χ0) is 13.1. The fraction of sp³-hybridized carbons (Fsp3) is 0.385. The smallest absolute Gasteiger partial charge is 0.318 e. The van der Waals surface area contributed by atoms with Crippen molar-refractivity contribution in [3.05, 3.63) is 35.4 Å². The lowest BCUT2D eigenvalue weighted by Crippen LogP contribution is -2.26. The number of fused-ring (bicyclic) bond motifs is 1. The predicted octanol–water partition coefficient (Wildman–Crippen LogP) is 1.34. The standard InChI is InChI=1S/C13H16N4O2/c1-18-13-16-11-4-5-14-8-10(11)12(17-13)15-7-9-3-2-6-19-9/h2-3,6,14H,4-5,7-8H2,1H3,(H,15,16,17). The number of nitrogens with one attached hydrogen (secondary N) is 2. The molecule has 19 heavy (non-hydrogen) atoms. The van der Waals surface area contributed by atoms with Gasteiger partial charge in [-0.05, 0) is 12.1 Å². The van der Waals surface area contributed by atoms with E-state index in [1.165, 1.54) is 0 Å². The first-order chi connectivity index (χ1) is 9.36. The van der Waals surface area contributed by atoms with Crippen LogP contribution in [-0.4, -0.2) is 23.6 Å². The van der Waals surface area contributed by atoms with Crippen LogP contribution in [0.25, 0.3) is 0 Å². The molecular weight excluding hydrogens is 244 g/mol. The van der Waals surface area contributed by atoms with Crippen LogP contribution in [-0.2, 0) is 19.5 Å². The van der Waals surface area contributed by atoms with Crippen LogP contribution < -0.4 is 15.4 Å². The van der Waals surface area contributed by atoms with Gasteiger partial charge in [-0.3, -0.25) is 0 Å². The summed E-state index contributed by atoms with van der Waals surface area (Å²) in [5.74, 6) is 1.68.